The van der Waals surface area contributed by atoms with Crippen molar-refractivity contribution in [3.8, 4) is 0 Å². The van der Waals surface area contributed by atoms with Crippen molar-refractivity contribution in [3.05, 3.63) is 45.7 Å². The van der Waals surface area contributed by atoms with Crippen LogP contribution in [0, 0.1) is 6.92 Å². The summed E-state index contributed by atoms with van der Waals surface area (Å²) >= 11 is 1.68. The summed E-state index contributed by atoms with van der Waals surface area (Å²) in [6.07, 6.45) is 4.51. The average molecular weight is 233 g/mol. The summed E-state index contributed by atoms with van der Waals surface area (Å²) in [5.74, 6) is 0. The van der Waals surface area contributed by atoms with Crippen LogP contribution in [0.1, 0.15) is 34.1 Å². The van der Waals surface area contributed by atoms with E-state index in [1.807, 2.05) is 12.1 Å². The molecular formula is C12H15N3S. The van der Waals surface area contributed by atoms with Crippen molar-refractivity contribution < 1.29 is 0 Å². The summed E-state index contributed by atoms with van der Waals surface area (Å²) < 4.78 is 0. The third kappa shape index (κ3) is 2.13. The average Bonchev–Trinajstić information content (AvgIpc) is 2.71. The monoisotopic (exact) mass is 233 g/mol. The van der Waals surface area contributed by atoms with E-state index in [0.717, 1.165) is 22.7 Å². The van der Waals surface area contributed by atoms with Gasteiger partial charge in [0, 0.05) is 17.3 Å². The van der Waals surface area contributed by atoms with Gasteiger partial charge < -0.3 is 5.73 Å². The lowest BCUT2D eigenvalue weighted by Gasteiger charge is -2.07. The van der Waals surface area contributed by atoms with Crippen molar-refractivity contribution in [1.29, 1.82) is 0 Å². The van der Waals surface area contributed by atoms with Crippen molar-refractivity contribution in [2.24, 2.45) is 5.73 Å². The highest BCUT2D eigenvalue weighted by molar-refractivity contribution is 7.11. The van der Waals surface area contributed by atoms with Gasteiger partial charge in [-0.3, -0.25) is 4.98 Å². The van der Waals surface area contributed by atoms with Gasteiger partial charge in [0.05, 0.1) is 11.7 Å². The van der Waals surface area contributed by atoms with Crippen molar-refractivity contribution in [2.75, 3.05) is 0 Å². The number of aromatic nitrogens is 2. The molecule has 2 N–H and O–H groups in total. The number of hydrogen-bond donors (Lipinski definition) is 1. The number of hydrogen-bond acceptors (Lipinski definition) is 4. The molecule has 0 aliphatic carbocycles. The molecule has 2 heterocycles. The van der Waals surface area contributed by atoms with E-state index in [-0.39, 0.29) is 6.04 Å². The summed E-state index contributed by atoms with van der Waals surface area (Å²) in [7, 11) is 0. The van der Waals surface area contributed by atoms with Gasteiger partial charge in [-0.15, -0.1) is 11.3 Å². The van der Waals surface area contributed by atoms with Crippen molar-refractivity contribution in [3.63, 3.8) is 0 Å². The van der Waals surface area contributed by atoms with Crippen LogP contribution in [0.3, 0.4) is 0 Å². The molecule has 2 rings (SSSR count). The van der Waals surface area contributed by atoms with E-state index >= 15 is 0 Å². The van der Waals surface area contributed by atoms with Gasteiger partial charge in [-0.1, -0.05) is 13.0 Å². The van der Waals surface area contributed by atoms with Crippen LogP contribution in [0.15, 0.2) is 24.5 Å². The minimum absolute atomic E-state index is 0.155. The summed E-state index contributed by atoms with van der Waals surface area (Å²) in [5, 5.41) is 0.974. The Morgan fingerprint density at radius 2 is 2.31 bits per heavy atom. The molecule has 1 unspecified atom stereocenters. The molecule has 84 valence electrons. The number of thiazole rings is 1. The van der Waals surface area contributed by atoms with E-state index < -0.39 is 0 Å². The second kappa shape index (κ2) is 4.72. The van der Waals surface area contributed by atoms with E-state index in [9.17, 15) is 0 Å². The van der Waals surface area contributed by atoms with Gasteiger partial charge in [-0.25, -0.2) is 4.98 Å². The zero-order valence-corrected chi connectivity index (χ0v) is 10.3. The molecular weight excluding hydrogens is 218 g/mol. The van der Waals surface area contributed by atoms with Gasteiger partial charge in [-0.2, -0.15) is 0 Å². The van der Waals surface area contributed by atoms with E-state index in [1.165, 1.54) is 4.88 Å². The Morgan fingerprint density at radius 1 is 1.50 bits per heavy atom. The fourth-order valence-corrected chi connectivity index (χ4v) is 2.65. The Bertz CT molecular complexity index is 464. The van der Waals surface area contributed by atoms with E-state index in [1.54, 1.807) is 23.7 Å². The molecule has 0 aliphatic rings. The first-order valence-electron chi connectivity index (χ1n) is 5.34. The van der Waals surface area contributed by atoms with Crippen LogP contribution in [0.5, 0.6) is 0 Å². The minimum Gasteiger partial charge on any atom is -0.318 e. The predicted molar refractivity (Wildman–Crippen MR) is 66.5 cm³/mol. The Kier molecular flexibility index (Phi) is 3.31. The zero-order chi connectivity index (χ0) is 11.5. The maximum absolute atomic E-state index is 6.16. The van der Waals surface area contributed by atoms with Crippen LogP contribution >= 0.6 is 11.3 Å². The van der Waals surface area contributed by atoms with Crippen LogP contribution in [-0.2, 0) is 6.42 Å². The molecule has 0 amide bonds. The molecule has 0 saturated heterocycles. The lowest BCUT2D eigenvalue weighted by atomic mass is 10.1. The minimum atomic E-state index is -0.155. The molecule has 0 bridgehead atoms. The number of rotatable bonds is 3. The van der Waals surface area contributed by atoms with Gasteiger partial charge in [0.2, 0.25) is 0 Å². The largest absolute Gasteiger partial charge is 0.318 e. The molecule has 0 aromatic carbocycles. The highest BCUT2D eigenvalue weighted by Crippen LogP contribution is 2.26. The summed E-state index contributed by atoms with van der Waals surface area (Å²) in [4.78, 5) is 9.91. The molecule has 0 radical (unpaired) electrons. The first-order valence-corrected chi connectivity index (χ1v) is 6.15. The quantitative estimate of drug-likeness (QED) is 0.886. The Labute approximate surface area is 99.4 Å². The molecule has 0 spiro atoms. The summed E-state index contributed by atoms with van der Waals surface area (Å²) in [6, 6.07) is 3.73. The highest BCUT2D eigenvalue weighted by Gasteiger charge is 2.14. The van der Waals surface area contributed by atoms with Crippen molar-refractivity contribution >= 4 is 11.3 Å². The normalized spacial score (nSPS) is 12.7. The van der Waals surface area contributed by atoms with Crippen LogP contribution in [0.4, 0.5) is 0 Å². The van der Waals surface area contributed by atoms with Crippen LogP contribution < -0.4 is 5.73 Å². The standard InChI is InChI=1S/C12H15N3S/c1-3-10-8(2)16-12(15-10)11(13)9-5-4-6-14-7-9/h4-7,11H,3,13H2,1-2H3. The predicted octanol–water partition coefficient (Wildman–Crippen LogP) is 2.46. The molecule has 2 aromatic heterocycles. The van der Waals surface area contributed by atoms with Gasteiger partial charge >= 0.3 is 0 Å². The van der Waals surface area contributed by atoms with Gasteiger partial charge in [0.25, 0.3) is 0 Å². The first-order chi connectivity index (χ1) is 7.72. The Morgan fingerprint density at radius 3 is 2.88 bits per heavy atom. The second-order valence-electron chi connectivity index (χ2n) is 3.67. The lowest BCUT2D eigenvalue weighted by Crippen LogP contribution is -2.11. The highest BCUT2D eigenvalue weighted by atomic mass is 32.1. The molecule has 16 heavy (non-hydrogen) atoms. The smallest absolute Gasteiger partial charge is 0.114 e. The third-order valence-corrected chi connectivity index (χ3v) is 3.65. The van der Waals surface area contributed by atoms with Crippen molar-refractivity contribution in [1.82, 2.24) is 9.97 Å². The van der Waals surface area contributed by atoms with Gasteiger partial charge in [0.1, 0.15) is 5.01 Å². The van der Waals surface area contributed by atoms with Crippen molar-refractivity contribution in [2.45, 2.75) is 26.3 Å². The summed E-state index contributed by atoms with van der Waals surface area (Å²) in [5.41, 5.74) is 8.33. The Balaban J connectivity index is 2.31. The van der Waals surface area contributed by atoms with Gasteiger partial charge in [0.15, 0.2) is 0 Å². The molecule has 0 aliphatic heterocycles. The molecule has 0 fully saturated rings. The molecule has 2 aromatic rings. The van der Waals surface area contributed by atoms with Gasteiger partial charge in [-0.05, 0) is 25.0 Å². The first kappa shape index (κ1) is 11.2. The number of nitrogens with zero attached hydrogens (tertiary/aromatic N) is 2. The second-order valence-corrected chi connectivity index (χ2v) is 4.91. The lowest BCUT2D eigenvalue weighted by molar-refractivity contribution is 0.838. The van der Waals surface area contributed by atoms with Crippen LogP contribution in [0.25, 0.3) is 0 Å². The van der Waals surface area contributed by atoms with Crippen LogP contribution in [0.2, 0.25) is 0 Å². The van der Waals surface area contributed by atoms with E-state index in [2.05, 4.69) is 23.8 Å². The number of aryl methyl sites for hydroxylation is 2. The van der Waals surface area contributed by atoms with Crippen LogP contribution in [-0.4, -0.2) is 9.97 Å². The third-order valence-electron chi connectivity index (χ3n) is 2.55. The molecule has 4 heteroatoms. The number of nitrogens with two attached hydrogens (primary N) is 1. The fourth-order valence-electron chi connectivity index (χ4n) is 1.61. The molecule has 1 atom stereocenters. The molecule has 0 saturated carbocycles. The number of pyridine rings is 1. The summed E-state index contributed by atoms with van der Waals surface area (Å²) in [6.45, 7) is 4.21. The maximum Gasteiger partial charge on any atom is 0.114 e. The van der Waals surface area contributed by atoms with E-state index in [4.69, 9.17) is 5.73 Å². The SMILES string of the molecule is CCc1nc(C(N)c2cccnc2)sc1C. The van der Waals surface area contributed by atoms with E-state index in [0.29, 0.717) is 0 Å². The topological polar surface area (TPSA) is 51.8 Å². The maximum atomic E-state index is 6.16. The fraction of sp³-hybridized carbons (Fsp3) is 0.333. The zero-order valence-electron chi connectivity index (χ0n) is 9.47. The molecule has 3 nitrogen and oxygen atoms in total. The Hall–Kier alpha value is -1.26.